The number of amides is 1. The number of ether oxygens (including phenoxy) is 2. The summed E-state index contributed by atoms with van der Waals surface area (Å²) in [7, 11) is 0. The van der Waals surface area contributed by atoms with E-state index in [4.69, 9.17) is 9.47 Å². The Kier molecular flexibility index (Phi) is 7.83. The van der Waals surface area contributed by atoms with E-state index in [9.17, 15) is 9.59 Å². The minimum absolute atomic E-state index is 0.0173. The number of nitrogens with zero attached hydrogens (tertiary/aromatic N) is 1. The second kappa shape index (κ2) is 10.2. The van der Waals surface area contributed by atoms with E-state index in [0.717, 1.165) is 19.3 Å². The molecule has 3 rings (SSSR count). The van der Waals surface area contributed by atoms with E-state index in [-0.39, 0.29) is 40.9 Å². The molecule has 5 atom stereocenters. The molecular weight excluding hydrogens is 446 g/mol. The molecule has 0 radical (unpaired) electrons. The molecule has 0 aliphatic carbocycles. The monoisotopic (exact) mass is 479 g/mol. The van der Waals surface area contributed by atoms with Crippen molar-refractivity contribution in [1.82, 2.24) is 4.90 Å². The molecule has 0 aromatic heterocycles. The maximum absolute atomic E-state index is 12.5. The Morgan fingerprint density at radius 2 is 1.83 bits per heavy atom. The molecule has 5 nitrogen and oxygen atoms in total. The van der Waals surface area contributed by atoms with Crippen LogP contribution < -0.4 is 0 Å². The predicted octanol–water partition coefficient (Wildman–Crippen LogP) is 5.06. The number of cyclic esters (lactones) is 2. The molecule has 1 aromatic carbocycles. The molecule has 0 N–H and O–H groups in total. The topological polar surface area (TPSA) is 55.8 Å². The number of hydrogen-bond donors (Lipinski definition) is 0. The standard InChI is InChI=1S/C24H34BrNO4/c1-15(2)18(11-21(25)22-12-20(16(3)4)23(27)30-22)13-26-19(14-29-24(26)28)10-17-8-6-5-7-9-17/h5-9,15-16,18-22H,10-14H2,1-4H3/t18-,19+,20+,21-,22+/m1/s1. The van der Waals surface area contributed by atoms with Crippen LogP contribution in [0.3, 0.4) is 0 Å². The Bertz CT molecular complexity index is 723. The summed E-state index contributed by atoms with van der Waals surface area (Å²) in [6, 6.07) is 10.3. The fraction of sp³-hybridized carbons (Fsp3) is 0.667. The van der Waals surface area contributed by atoms with Gasteiger partial charge in [-0.25, -0.2) is 4.79 Å². The number of esters is 1. The van der Waals surface area contributed by atoms with Crippen molar-refractivity contribution < 1.29 is 19.1 Å². The van der Waals surface area contributed by atoms with Crippen LogP contribution in [-0.2, 0) is 20.7 Å². The first-order valence-electron chi connectivity index (χ1n) is 11.1. The molecule has 0 unspecified atom stereocenters. The third kappa shape index (κ3) is 5.57. The zero-order valence-electron chi connectivity index (χ0n) is 18.4. The fourth-order valence-corrected chi connectivity index (χ4v) is 5.22. The highest BCUT2D eigenvalue weighted by molar-refractivity contribution is 9.09. The van der Waals surface area contributed by atoms with E-state index in [1.54, 1.807) is 0 Å². The maximum Gasteiger partial charge on any atom is 0.410 e. The second-order valence-electron chi connectivity index (χ2n) is 9.39. The molecule has 0 saturated carbocycles. The molecule has 1 amide bonds. The first kappa shape index (κ1) is 23.1. The minimum atomic E-state index is -0.222. The molecule has 30 heavy (non-hydrogen) atoms. The molecule has 2 heterocycles. The number of carbonyl (C=O) groups excluding carboxylic acids is 2. The van der Waals surface area contributed by atoms with Gasteiger partial charge in [-0.2, -0.15) is 0 Å². The van der Waals surface area contributed by atoms with Crippen LogP contribution in [0.1, 0.15) is 46.1 Å². The Morgan fingerprint density at radius 3 is 2.43 bits per heavy atom. The van der Waals surface area contributed by atoms with Gasteiger partial charge in [0.05, 0.1) is 16.8 Å². The maximum atomic E-state index is 12.5. The highest BCUT2D eigenvalue weighted by atomic mass is 79.9. The summed E-state index contributed by atoms with van der Waals surface area (Å²) < 4.78 is 11.1. The van der Waals surface area contributed by atoms with Crippen molar-refractivity contribution in [2.75, 3.05) is 13.2 Å². The molecule has 2 aliphatic rings. The summed E-state index contributed by atoms with van der Waals surface area (Å²) in [5, 5.41) is 0. The van der Waals surface area contributed by atoms with E-state index in [2.05, 4.69) is 55.8 Å². The van der Waals surface area contributed by atoms with Crippen molar-refractivity contribution in [3.05, 3.63) is 35.9 Å². The molecule has 2 aliphatic heterocycles. The van der Waals surface area contributed by atoms with Gasteiger partial charge in [0.25, 0.3) is 0 Å². The molecule has 6 heteroatoms. The average Bonchev–Trinajstić information content (AvgIpc) is 3.25. The lowest BCUT2D eigenvalue weighted by atomic mass is 9.86. The first-order valence-corrected chi connectivity index (χ1v) is 12.0. The summed E-state index contributed by atoms with van der Waals surface area (Å²) >= 11 is 3.80. The zero-order valence-corrected chi connectivity index (χ0v) is 20.0. The number of benzene rings is 1. The Labute approximate surface area is 188 Å². The van der Waals surface area contributed by atoms with Crippen LogP contribution in [0.5, 0.6) is 0 Å². The lowest BCUT2D eigenvalue weighted by Gasteiger charge is -2.31. The third-order valence-corrected chi connectivity index (χ3v) is 7.52. The van der Waals surface area contributed by atoms with E-state index >= 15 is 0 Å². The first-order chi connectivity index (χ1) is 14.3. The Hall–Kier alpha value is -1.56. The van der Waals surface area contributed by atoms with E-state index in [1.165, 1.54) is 5.56 Å². The Morgan fingerprint density at radius 1 is 1.13 bits per heavy atom. The van der Waals surface area contributed by atoms with Gasteiger partial charge in [-0.3, -0.25) is 4.79 Å². The van der Waals surface area contributed by atoms with Crippen LogP contribution in [0.15, 0.2) is 30.3 Å². The van der Waals surface area contributed by atoms with E-state index in [1.807, 2.05) is 23.1 Å². The van der Waals surface area contributed by atoms with E-state index < -0.39 is 0 Å². The predicted molar refractivity (Wildman–Crippen MR) is 120 cm³/mol. The van der Waals surface area contributed by atoms with Crippen molar-refractivity contribution >= 4 is 28.0 Å². The summed E-state index contributed by atoms with van der Waals surface area (Å²) in [5.41, 5.74) is 1.21. The molecule has 0 spiro atoms. The van der Waals surface area contributed by atoms with Crippen molar-refractivity contribution in [3.8, 4) is 0 Å². The van der Waals surface area contributed by atoms with Crippen LogP contribution in [0, 0.1) is 23.7 Å². The van der Waals surface area contributed by atoms with Crippen molar-refractivity contribution in [2.24, 2.45) is 23.7 Å². The summed E-state index contributed by atoms with van der Waals surface area (Å²) in [4.78, 5) is 26.6. The zero-order chi connectivity index (χ0) is 21.8. The number of alkyl halides is 1. The van der Waals surface area contributed by atoms with Gasteiger partial charge in [0.2, 0.25) is 0 Å². The van der Waals surface area contributed by atoms with Crippen LogP contribution in [0.4, 0.5) is 4.79 Å². The van der Waals surface area contributed by atoms with Crippen LogP contribution in [-0.4, -0.2) is 47.1 Å². The number of rotatable bonds is 9. The van der Waals surface area contributed by atoms with Gasteiger partial charge in [0.1, 0.15) is 12.7 Å². The van der Waals surface area contributed by atoms with Crippen LogP contribution in [0.2, 0.25) is 0 Å². The van der Waals surface area contributed by atoms with Gasteiger partial charge in [-0.15, -0.1) is 0 Å². The van der Waals surface area contributed by atoms with Crippen molar-refractivity contribution in [3.63, 3.8) is 0 Å². The SMILES string of the molecule is CC(C)[C@H](C[C@@H](Br)[C@@H]1C[C@@H](C(C)C)C(=O)O1)CN1C(=O)OC[C@@H]1Cc1ccccc1. The molecule has 2 saturated heterocycles. The molecule has 2 fully saturated rings. The Balaban J connectivity index is 1.62. The van der Waals surface area contributed by atoms with Crippen molar-refractivity contribution in [1.29, 1.82) is 0 Å². The van der Waals surface area contributed by atoms with Crippen LogP contribution >= 0.6 is 15.9 Å². The average molecular weight is 480 g/mol. The van der Waals surface area contributed by atoms with Gasteiger partial charge in [0, 0.05) is 6.54 Å². The highest BCUT2D eigenvalue weighted by Gasteiger charge is 2.41. The van der Waals surface area contributed by atoms with Gasteiger partial charge in [-0.1, -0.05) is 74.0 Å². The second-order valence-corrected chi connectivity index (χ2v) is 10.6. The molecule has 166 valence electrons. The lowest BCUT2D eigenvalue weighted by molar-refractivity contribution is -0.145. The highest BCUT2D eigenvalue weighted by Crippen LogP contribution is 2.35. The molecule has 0 bridgehead atoms. The number of halogens is 1. The van der Waals surface area contributed by atoms with Gasteiger partial charge >= 0.3 is 12.1 Å². The van der Waals surface area contributed by atoms with Gasteiger partial charge in [0.15, 0.2) is 0 Å². The van der Waals surface area contributed by atoms with Crippen LogP contribution in [0.25, 0.3) is 0 Å². The minimum Gasteiger partial charge on any atom is -0.461 e. The van der Waals surface area contributed by atoms with Gasteiger partial charge in [-0.05, 0) is 42.6 Å². The summed E-state index contributed by atoms with van der Waals surface area (Å²) in [6.45, 7) is 9.61. The summed E-state index contributed by atoms with van der Waals surface area (Å²) in [5.74, 6) is 0.882. The van der Waals surface area contributed by atoms with Crippen molar-refractivity contribution in [2.45, 2.75) is 63.9 Å². The smallest absolute Gasteiger partial charge is 0.410 e. The number of carbonyl (C=O) groups is 2. The normalized spacial score (nSPS) is 26.2. The lowest BCUT2D eigenvalue weighted by Crippen LogP contribution is -2.41. The molecule has 1 aromatic rings. The fourth-order valence-electron chi connectivity index (χ4n) is 4.42. The summed E-state index contributed by atoms with van der Waals surface area (Å²) in [6.07, 6.45) is 2.09. The number of hydrogen-bond acceptors (Lipinski definition) is 4. The largest absolute Gasteiger partial charge is 0.461 e. The molecular formula is C24H34BrNO4. The quantitative estimate of drug-likeness (QED) is 0.366. The van der Waals surface area contributed by atoms with E-state index in [0.29, 0.717) is 25.0 Å². The third-order valence-electron chi connectivity index (χ3n) is 6.56. The van der Waals surface area contributed by atoms with Gasteiger partial charge < -0.3 is 14.4 Å².